The highest BCUT2D eigenvalue weighted by Crippen LogP contribution is 2.28. The molecular weight excluding hydrogens is 254 g/mol. The summed E-state index contributed by atoms with van der Waals surface area (Å²) in [5, 5.41) is 0. The Hall–Kier alpha value is -1.63. The molecule has 112 valence electrons. The van der Waals surface area contributed by atoms with Crippen LogP contribution in [0.3, 0.4) is 0 Å². The zero-order valence-electron chi connectivity index (χ0n) is 14.2. The summed E-state index contributed by atoms with van der Waals surface area (Å²) in [5.74, 6) is 0. The van der Waals surface area contributed by atoms with Crippen LogP contribution >= 0.6 is 0 Å². The summed E-state index contributed by atoms with van der Waals surface area (Å²) in [6.07, 6.45) is 2.20. The second kappa shape index (κ2) is 6.01. The highest BCUT2D eigenvalue weighted by molar-refractivity contribution is 5.68. The van der Waals surface area contributed by atoms with Crippen LogP contribution in [0.25, 0.3) is 11.3 Å². The quantitative estimate of drug-likeness (QED) is 0.708. The zero-order valence-corrected chi connectivity index (χ0v) is 14.2. The minimum absolute atomic E-state index is 0.355. The normalized spacial score (nSPS) is 11.7. The summed E-state index contributed by atoms with van der Waals surface area (Å²) >= 11 is 0. The third-order valence-corrected chi connectivity index (χ3v) is 3.87. The fourth-order valence-corrected chi connectivity index (χ4v) is 2.85. The van der Waals surface area contributed by atoms with Gasteiger partial charge in [-0.15, -0.1) is 0 Å². The fourth-order valence-electron chi connectivity index (χ4n) is 2.85. The van der Waals surface area contributed by atoms with Gasteiger partial charge in [-0.05, 0) is 62.3 Å². The van der Waals surface area contributed by atoms with Crippen LogP contribution in [0.4, 0.5) is 0 Å². The monoisotopic (exact) mass is 281 g/mol. The van der Waals surface area contributed by atoms with E-state index in [1.54, 1.807) is 0 Å². The van der Waals surface area contributed by atoms with Crippen molar-refractivity contribution in [3.8, 4) is 11.3 Å². The molecule has 2 aromatic rings. The lowest BCUT2D eigenvalue weighted by Gasteiger charge is -2.18. The van der Waals surface area contributed by atoms with Crippen LogP contribution in [0.2, 0.25) is 0 Å². The molecule has 21 heavy (non-hydrogen) atoms. The molecule has 0 radical (unpaired) electrons. The largest absolute Gasteiger partial charge is 0.253 e. The van der Waals surface area contributed by atoms with Crippen LogP contribution < -0.4 is 0 Å². The molecule has 0 aliphatic heterocycles. The number of aromatic nitrogens is 1. The minimum atomic E-state index is 0.355. The van der Waals surface area contributed by atoms with Crippen LogP contribution in [0, 0.1) is 26.2 Å². The number of pyridine rings is 1. The van der Waals surface area contributed by atoms with E-state index in [2.05, 4.69) is 71.9 Å². The molecule has 1 heterocycles. The van der Waals surface area contributed by atoms with Crippen molar-refractivity contribution in [2.45, 2.75) is 54.4 Å². The van der Waals surface area contributed by atoms with Crippen molar-refractivity contribution >= 4 is 0 Å². The predicted octanol–water partition coefficient (Wildman–Crippen LogP) is 5.65. The average molecular weight is 281 g/mol. The van der Waals surface area contributed by atoms with Crippen LogP contribution in [0.1, 0.15) is 49.6 Å². The summed E-state index contributed by atoms with van der Waals surface area (Å²) in [5.41, 5.74) is 7.89. The molecule has 0 saturated heterocycles. The van der Waals surface area contributed by atoms with Crippen molar-refractivity contribution in [2.24, 2.45) is 5.41 Å². The van der Waals surface area contributed by atoms with Crippen molar-refractivity contribution in [3.05, 3.63) is 52.7 Å². The molecule has 0 saturated carbocycles. The van der Waals surface area contributed by atoms with Gasteiger partial charge in [0, 0.05) is 11.3 Å². The smallest absolute Gasteiger partial charge is 0.0710 e. The second-order valence-corrected chi connectivity index (χ2v) is 7.35. The SMILES string of the molecule is Cc1cc(C)c(-c2cccc(CCC(C)(C)C)n2)c(C)c1. The molecule has 0 amide bonds. The van der Waals surface area contributed by atoms with Gasteiger partial charge in [-0.25, -0.2) is 0 Å². The lowest BCUT2D eigenvalue weighted by atomic mass is 9.89. The molecule has 1 aromatic heterocycles. The van der Waals surface area contributed by atoms with E-state index in [1.807, 2.05) is 0 Å². The molecule has 0 aliphatic rings. The maximum atomic E-state index is 4.90. The summed E-state index contributed by atoms with van der Waals surface area (Å²) in [6, 6.07) is 10.9. The number of aryl methyl sites for hydroxylation is 4. The van der Waals surface area contributed by atoms with Crippen molar-refractivity contribution < 1.29 is 0 Å². The number of hydrogen-bond donors (Lipinski definition) is 0. The van der Waals surface area contributed by atoms with Gasteiger partial charge in [-0.1, -0.05) is 44.5 Å². The molecule has 2 rings (SSSR count). The van der Waals surface area contributed by atoms with Crippen molar-refractivity contribution in [2.75, 3.05) is 0 Å². The first-order chi connectivity index (χ1) is 9.76. The van der Waals surface area contributed by atoms with Gasteiger partial charge in [-0.3, -0.25) is 4.98 Å². The highest BCUT2D eigenvalue weighted by atomic mass is 14.7. The Labute approximate surface area is 129 Å². The van der Waals surface area contributed by atoms with E-state index in [1.165, 1.54) is 27.9 Å². The molecule has 0 spiro atoms. The average Bonchev–Trinajstić information content (AvgIpc) is 2.35. The third kappa shape index (κ3) is 4.17. The summed E-state index contributed by atoms with van der Waals surface area (Å²) in [7, 11) is 0. The first kappa shape index (κ1) is 15.8. The number of nitrogens with zero attached hydrogens (tertiary/aromatic N) is 1. The summed E-state index contributed by atoms with van der Waals surface area (Å²) in [4.78, 5) is 4.90. The van der Waals surface area contributed by atoms with Gasteiger partial charge < -0.3 is 0 Å². The molecule has 0 N–H and O–H groups in total. The minimum Gasteiger partial charge on any atom is -0.253 e. The summed E-state index contributed by atoms with van der Waals surface area (Å²) in [6.45, 7) is 13.4. The number of hydrogen-bond acceptors (Lipinski definition) is 1. The molecule has 1 nitrogen and oxygen atoms in total. The molecule has 0 unspecified atom stereocenters. The Morgan fingerprint density at radius 2 is 1.57 bits per heavy atom. The Morgan fingerprint density at radius 1 is 0.952 bits per heavy atom. The molecule has 1 heteroatoms. The van der Waals surface area contributed by atoms with E-state index in [9.17, 15) is 0 Å². The van der Waals surface area contributed by atoms with Gasteiger partial charge in [0.05, 0.1) is 5.69 Å². The van der Waals surface area contributed by atoms with Crippen LogP contribution in [0.5, 0.6) is 0 Å². The van der Waals surface area contributed by atoms with Gasteiger partial charge in [0.25, 0.3) is 0 Å². The molecule has 0 fully saturated rings. The maximum Gasteiger partial charge on any atom is 0.0710 e. The number of rotatable bonds is 3. The second-order valence-electron chi connectivity index (χ2n) is 7.35. The fraction of sp³-hybridized carbons (Fsp3) is 0.450. The van der Waals surface area contributed by atoms with Crippen LogP contribution in [-0.2, 0) is 6.42 Å². The zero-order chi connectivity index (χ0) is 15.6. The summed E-state index contributed by atoms with van der Waals surface area (Å²) < 4.78 is 0. The van der Waals surface area contributed by atoms with Crippen LogP contribution in [-0.4, -0.2) is 4.98 Å². The lowest BCUT2D eigenvalue weighted by molar-refractivity contribution is 0.376. The van der Waals surface area contributed by atoms with Crippen LogP contribution in [0.15, 0.2) is 30.3 Å². The first-order valence-corrected chi connectivity index (χ1v) is 7.80. The van der Waals surface area contributed by atoms with E-state index in [0.717, 1.165) is 18.5 Å². The van der Waals surface area contributed by atoms with Crippen molar-refractivity contribution in [3.63, 3.8) is 0 Å². The van der Waals surface area contributed by atoms with Gasteiger partial charge in [0.1, 0.15) is 0 Å². The van der Waals surface area contributed by atoms with Gasteiger partial charge in [0.15, 0.2) is 0 Å². The third-order valence-electron chi connectivity index (χ3n) is 3.87. The van der Waals surface area contributed by atoms with E-state index in [4.69, 9.17) is 4.98 Å². The Kier molecular flexibility index (Phi) is 4.51. The Morgan fingerprint density at radius 3 is 2.14 bits per heavy atom. The predicted molar refractivity (Wildman–Crippen MR) is 91.7 cm³/mol. The van der Waals surface area contributed by atoms with Crippen molar-refractivity contribution in [1.82, 2.24) is 4.98 Å². The Balaban J connectivity index is 2.34. The van der Waals surface area contributed by atoms with Gasteiger partial charge >= 0.3 is 0 Å². The van der Waals surface area contributed by atoms with E-state index in [-0.39, 0.29) is 0 Å². The van der Waals surface area contributed by atoms with E-state index in [0.29, 0.717) is 5.41 Å². The highest BCUT2D eigenvalue weighted by Gasteiger charge is 2.12. The molecule has 1 aromatic carbocycles. The molecule has 0 atom stereocenters. The lowest BCUT2D eigenvalue weighted by Crippen LogP contribution is -2.07. The first-order valence-electron chi connectivity index (χ1n) is 7.80. The van der Waals surface area contributed by atoms with Gasteiger partial charge in [-0.2, -0.15) is 0 Å². The molecule has 0 aliphatic carbocycles. The Bertz CT molecular complexity index is 610. The van der Waals surface area contributed by atoms with Gasteiger partial charge in [0.2, 0.25) is 0 Å². The van der Waals surface area contributed by atoms with E-state index < -0.39 is 0 Å². The maximum absolute atomic E-state index is 4.90. The van der Waals surface area contributed by atoms with Crippen molar-refractivity contribution in [1.29, 1.82) is 0 Å². The number of benzene rings is 1. The molecule has 0 bridgehead atoms. The topological polar surface area (TPSA) is 12.9 Å². The standard InChI is InChI=1S/C20H27N/c1-14-12-15(2)19(16(3)13-14)18-9-7-8-17(21-18)10-11-20(4,5)6/h7-9,12-13H,10-11H2,1-6H3. The molecular formula is C20H27N. The van der Waals surface area contributed by atoms with E-state index >= 15 is 0 Å².